The second-order valence-electron chi connectivity index (χ2n) is 5.90. The van der Waals surface area contributed by atoms with E-state index in [2.05, 4.69) is 16.1 Å². The molecule has 3 aromatic rings. The van der Waals surface area contributed by atoms with Gasteiger partial charge in [0.1, 0.15) is 0 Å². The van der Waals surface area contributed by atoms with Crippen LogP contribution in [0.25, 0.3) is 10.8 Å². The molecular formula is C21H19F2NO3. The molecule has 6 heteroatoms. The van der Waals surface area contributed by atoms with Gasteiger partial charge in [0.25, 0.3) is 5.91 Å². The summed E-state index contributed by atoms with van der Waals surface area (Å²) in [5, 5.41) is 5.02. The van der Waals surface area contributed by atoms with Crippen LogP contribution in [0.2, 0.25) is 0 Å². The highest BCUT2D eigenvalue weighted by Crippen LogP contribution is 2.32. The number of methoxy groups -OCH3 is 1. The molecule has 0 radical (unpaired) electrons. The molecule has 3 rings (SSSR count). The van der Waals surface area contributed by atoms with Crippen LogP contribution in [0, 0.1) is 0 Å². The second kappa shape index (κ2) is 8.49. The van der Waals surface area contributed by atoms with Crippen LogP contribution in [-0.4, -0.2) is 26.2 Å². The molecule has 0 saturated carbocycles. The van der Waals surface area contributed by atoms with Gasteiger partial charge in [0.05, 0.1) is 12.7 Å². The summed E-state index contributed by atoms with van der Waals surface area (Å²) in [5.41, 5.74) is 1.08. The van der Waals surface area contributed by atoms with Gasteiger partial charge in [0.15, 0.2) is 11.5 Å². The molecule has 0 bridgehead atoms. The third-order valence-electron chi connectivity index (χ3n) is 4.16. The first kappa shape index (κ1) is 18.6. The quantitative estimate of drug-likeness (QED) is 0.669. The van der Waals surface area contributed by atoms with Crippen molar-refractivity contribution in [1.29, 1.82) is 0 Å². The van der Waals surface area contributed by atoms with Crippen LogP contribution in [0.3, 0.4) is 0 Å². The van der Waals surface area contributed by atoms with E-state index in [0.717, 1.165) is 16.3 Å². The molecule has 0 fully saturated rings. The average Bonchev–Trinajstić information content (AvgIpc) is 2.67. The van der Waals surface area contributed by atoms with Gasteiger partial charge in [0.2, 0.25) is 0 Å². The summed E-state index contributed by atoms with van der Waals surface area (Å²) in [7, 11) is 1.33. The van der Waals surface area contributed by atoms with Crippen LogP contribution in [0.15, 0.2) is 60.7 Å². The monoisotopic (exact) mass is 371 g/mol. The van der Waals surface area contributed by atoms with Crippen LogP contribution in [0.1, 0.15) is 15.9 Å². The third-order valence-corrected chi connectivity index (χ3v) is 4.16. The van der Waals surface area contributed by atoms with Crippen molar-refractivity contribution in [3.8, 4) is 11.5 Å². The molecule has 0 aliphatic carbocycles. The fraction of sp³-hybridized carbons (Fsp3) is 0.190. The molecule has 27 heavy (non-hydrogen) atoms. The van der Waals surface area contributed by atoms with E-state index < -0.39 is 12.5 Å². The van der Waals surface area contributed by atoms with Crippen molar-refractivity contribution >= 4 is 16.7 Å². The number of halogens is 2. The molecule has 0 unspecified atom stereocenters. The summed E-state index contributed by atoms with van der Waals surface area (Å²) < 4.78 is 34.8. The fourth-order valence-electron chi connectivity index (χ4n) is 2.88. The van der Waals surface area contributed by atoms with Gasteiger partial charge in [-0.15, -0.1) is 0 Å². The van der Waals surface area contributed by atoms with Crippen molar-refractivity contribution in [2.75, 3.05) is 13.7 Å². The number of alkyl halides is 2. The number of hydrogen-bond donors (Lipinski definition) is 1. The topological polar surface area (TPSA) is 47.6 Å². The van der Waals surface area contributed by atoms with E-state index in [1.54, 1.807) is 6.07 Å². The zero-order chi connectivity index (χ0) is 19.2. The number of benzene rings is 3. The lowest BCUT2D eigenvalue weighted by Crippen LogP contribution is -2.26. The Morgan fingerprint density at radius 2 is 1.81 bits per heavy atom. The number of ether oxygens (including phenoxy) is 2. The van der Waals surface area contributed by atoms with Gasteiger partial charge < -0.3 is 14.8 Å². The Bertz CT molecular complexity index is 944. The summed E-state index contributed by atoms with van der Waals surface area (Å²) in [6.07, 6.45) is 0.617. The summed E-state index contributed by atoms with van der Waals surface area (Å²) in [5.74, 6) is -0.680. The first-order valence-corrected chi connectivity index (χ1v) is 8.46. The smallest absolute Gasteiger partial charge is 0.387 e. The molecule has 3 aromatic carbocycles. The Morgan fingerprint density at radius 1 is 1.04 bits per heavy atom. The molecule has 0 spiro atoms. The normalized spacial score (nSPS) is 10.8. The van der Waals surface area contributed by atoms with Crippen molar-refractivity contribution < 1.29 is 23.0 Å². The SMILES string of the molecule is COc1cccc(C(=O)NCCc2ccc3ccccc3c2)c1OC(F)F. The molecule has 0 heterocycles. The van der Waals surface area contributed by atoms with Crippen LogP contribution >= 0.6 is 0 Å². The zero-order valence-corrected chi connectivity index (χ0v) is 14.7. The molecule has 140 valence electrons. The Labute approximate surface area is 155 Å². The number of fused-ring (bicyclic) bond motifs is 1. The van der Waals surface area contributed by atoms with Crippen molar-refractivity contribution in [3.63, 3.8) is 0 Å². The van der Waals surface area contributed by atoms with E-state index in [1.807, 2.05) is 36.4 Å². The fourth-order valence-corrected chi connectivity index (χ4v) is 2.88. The average molecular weight is 371 g/mol. The van der Waals surface area contributed by atoms with Crippen molar-refractivity contribution in [1.82, 2.24) is 5.32 Å². The zero-order valence-electron chi connectivity index (χ0n) is 14.7. The Hall–Kier alpha value is -3.15. The van der Waals surface area contributed by atoms with E-state index >= 15 is 0 Å². The third kappa shape index (κ3) is 4.53. The van der Waals surface area contributed by atoms with Crippen LogP contribution < -0.4 is 14.8 Å². The second-order valence-corrected chi connectivity index (χ2v) is 5.90. The summed E-state index contributed by atoms with van der Waals surface area (Å²) in [6, 6.07) is 18.6. The highest BCUT2D eigenvalue weighted by atomic mass is 19.3. The Kier molecular flexibility index (Phi) is 5.86. The lowest BCUT2D eigenvalue weighted by molar-refractivity contribution is -0.0515. The molecular weight excluding hydrogens is 352 g/mol. The van der Waals surface area contributed by atoms with E-state index in [-0.39, 0.29) is 17.1 Å². The Balaban J connectivity index is 1.68. The number of nitrogens with one attached hydrogen (secondary N) is 1. The number of carbonyl (C=O) groups excluding carboxylic acids is 1. The van der Waals surface area contributed by atoms with E-state index in [9.17, 15) is 13.6 Å². The van der Waals surface area contributed by atoms with Gasteiger partial charge >= 0.3 is 6.61 Å². The van der Waals surface area contributed by atoms with Gasteiger partial charge in [-0.3, -0.25) is 4.79 Å². The summed E-state index contributed by atoms with van der Waals surface area (Å²) >= 11 is 0. The molecule has 1 amide bonds. The lowest BCUT2D eigenvalue weighted by Gasteiger charge is -2.14. The number of amides is 1. The molecule has 0 aliphatic rings. The molecule has 0 aliphatic heterocycles. The molecule has 0 saturated heterocycles. The van der Waals surface area contributed by atoms with E-state index in [0.29, 0.717) is 13.0 Å². The number of para-hydroxylation sites is 1. The Morgan fingerprint density at radius 3 is 2.56 bits per heavy atom. The standard InChI is InChI=1S/C21H19F2NO3/c1-26-18-8-4-7-17(19(18)27-21(22)23)20(25)24-12-11-14-9-10-15-5-2-3-6-16(15)13-14/h2-10,13,21H,11-12H2,1H3,(H,24,25). The highest BCUT2D eigenvalue weighted by Gasteiger charge is 2.20. The predicted molar refractivity (Wildman–Crippen MR) is 99.6 cm³/mol. The van der Waals surface area contributed by atoms with Crippen molar-refractivity contribution in [2.24, 2.45) is 0 Å². The van der Waals surface area contributed by atoms with Gasteiger partial charge in [-0.25, -0.2) is 0 Å². The van der Waals surface area contributed by atoms with Gasteiger partial charge in [-0.05, 0) is 34.9 Å². The maximum absolute atomic E-state index is 12.7. The van der Waals surface area contributed by atoms with E-state index in [4.69, 9.17) is 4.74 Å². The number of rotatable bonds is 7. The molecule has 1 N–H and O–H groups in total. The van der Waals surface area contributed by atoms with Crippen LogP contribution in [0.5, 0.6) is 11.5 Å². The van der Waals surface area contributed by atoms with E-state index in [1.165, 1.54) is 19.2 Å². The lowest BCUT2D eigenvalue weighted by atomic mass is 10.1. The van der Waals surface area contributed by atoms with Crippen LogP contribution in [-0.2, 0) is 6.42 Å². The minimum atomic E-state index is -3.05. The maximum atomic E-state index is 12.7. The molecule has 0 aromatic heterocycles. The molecule has 4 nitrogen and oxygen atoms in total. The van der Waals surface area contributed by atoms with Crippen LogP contribution in [0.4, 0.5) is 8.78 Å². The highest BCUT2D eigenvalue weighted by molar-refractivity contribution is 5.97. The number of carbonyl (C=O) groups is 1. The first-order chi connectivity index (χ1) is 13.1. The van der Waals surface area contributed by atoms with Crippen molar-refractivity contribution in [3.05, 3.63) is 71.8 Å². The predicted octanol–water partition coefficient (Wildman–Crippen LogP) is 4.42. The van der Waals surface area contributed by atoms with Crippen molar-refractivity contribution in [2.45, 2.75) is 13.0 Å². The number of hydrogen-bond acceptors (Lipinski definition) is 3. The van der Waals surface area contributed by atoms with Gasteiger partial charge in [0, 0.05) is 6.54 Å². The maximum Gasteiger partial charge on any atom is 0.387 e. The minimum absolute atomic E-state index is 0.00756. The molecule has 0 atom stereocenters. The van der Waals surface area contributed by atoms with Gasteiger partial charge in [-0.2, -0.15) is 8.78 Å². The first-order valence-electron chi connectivity index (χ1n) is 8.46. The van der Waals surface area contributed by atoms with Gasteiger partial charge in [-0.1, -0.05) is 48.5 Å². The minimum Gasteiger partial charge on any atom is -0.493 e. The largest absolute Gasteiger partial charge is 0.493 e. The summed E-state index contributed by atoms with van der Waals surface area (Å²) in [4.78, 5) is 12.4. The summed E-state index contributed by atoms with van der Waals surface area (Å²) in [6.45, 7) is -2.69.